The van der Waals surface area contributed by atoms with Gasteiger partial charge in [0.1, 0.15) is 5.56 Å². The van der Waals surface area contributed by atoms with Crippen LogP contribution in [0.15, 0.2) is 39.8 Å². The highest BCUT2D eigenvalue weighted by atomic mass is 32.2. The third-order valence-electron chi connectivity index (χ3n) is 4.23. The van der Waals surface area contributed by atoms with Crippen LogP contribution in [0.5, 0.6) is 0 Å². The zero-order valence-electron chi connectivity index (χ0n) is 15.9. The van der Waals surface area contributed by atoms with Crippen LogP contribution in [0, 0.1) is 6.92 Å². The number of benzene rings is 1. The molecule has 0 aliphatic carbocycles. The summed E-state index contributed by atoms with van der Waals surface area (Å²) in [6.07, 6.45) is 1.69. The van der Waals surface area contributed by atoms with Crippen LogP contribution in [0.4, 0.5) is 4.79 Å². The summed E-state index contributed by atoms with van der Waals surface area (Å²) in [5, 5.41) is 6.25. The Morgan fingerprint density at radius 1 is 1.29 bits per heavy atom. The van der Waals surface area contributed by atoms with Gasteiger partial charge in [-0.25, -0.2) is 0 Å². The molecule has 1 aromatic heterocycles. The van der Waals surface area contributed by atoms with Crippen molar-refractivity contribution in [1.29, 1.82) is 0 Å². The average Bonchev–Trinajstić information content (AvgIpc) is 3.17. The van der Waals surface area contributed by atoms with E-state index in [-0.39, 0.29) is 36.1 Å². The molecule has 146 valence electrons. The van der Waals surface area contributed by atoms with Crippen molar-refractivity contribution in [2.75, 3.05) is 13.1 Å². The Morgan fingerprint density at radius 2 is 2.00 bits per heavy atom. The van der Waals surface area contributed by atoms with Crippen molar-refractivity contribution in [3.63, 3.8) is 0 Å². The van der Waals surface area contributed by atoms with Gasteiger partial charge in [-0.3, -0.25) is 19.3 Å². The van der Waals surface area contributed by atoms with E-state index >= 15 is 0 Å². The molecule has 1 saturated heterocycles. The highest BCUT2D eigenvalue weighted by Gasteiger charge is 2.34. The normalized spacial score (nSPS) is 15.7. The van der Waals surface area contributed by atoms with Gasteiger partial charge in [-0.15, -0.1) is 0 Å². The van der Waals surface area contributed by atoms with Crippen LogP contribution in [0.1, 0.15) is 47.1 Å². The first kappa shape index (κ1) is 19.9. The van der Waals surface area contributed by atoms with Crippen LogP contribution in [0.3, 0.4) is 0 Å². The molecule has 8 heteroatoms. The van der Waals surface area contributed by atoms with E-state index in [4.69, 9.17) is 4.52 Å². The third-order valence-corrected chi connectivity index (χ3v) is 5.14. The van der Waals surface area contributed by atoms with Crippen LogP contribution in [-0.4, -0.2) is 40.2 Å². The van der Waals surface area contributed by atoms with Crippen molar-refractivity contribution in [1.82, 2.24) is 15.4 Å². The second-order valence-corrected chi connectivity index (χ2v) is 7.66. The van der Waals surface area contributed by atoms with Gasteiger partial charge in [0.15, 0.2) is 5.76 Å². The molecule has 1 aromatic carbocycles. The Balaban J connectivity index is 1.62. The zero-order chi connectivity index (χ0) is 20.3. The molecule has 2 heterocycles. The highest BCUT2D eigenvalue weighted by Crippen LogP contribution is 2.31. The van der Waals surface area contributed by atoms with Crippen molar-refractivity contribution in [2.24, 2.45) is 0 Å². The number of carbonyl (C=O) groups excluding carboxylic acids is 3. The molecule has 1 aliphatic heterocycles. The van der Waals surface area contributed by atoms with Gasteiger partial charge in [0.25, 0.3) is 17.1 Å². The number of hydrogen-bond acceptors (Lipinski definition) is 6. The molecule has 1 fully saturated rings. The molecule has 1 N–H and O–H groups in total. The molecule has 0 bridgehead atoms. The predicted octanol–water partition coefficient (Wildman–Crippen LogP) is 3.57. The molecule has 0 unspecified atom stereocenters. The molecule has 28 heavy (non-hydrogen) atoms. The summed E-state index contributed by atoms with van der Waals surface area (Å²) in [6, 6.07) is 9.34. The van der Waals surface area contributed by atoms with Gasteiger partial charge in [0, 0.05) is 19.0 Å². The number of amides is 3. The number of carbonyl (C=O) groups is 3. The first-order valence-electron chi connectivity index (χ1n) is 8.93. The summed E-state index contributed by atoms with van der Waals surface area (Å²) in [5.74, 6) is -0.135. The van der Waals surface area contributed by atoms with Gasteiger partial charge in [-0.1, -0.05) is 49.3 Å². The fourth-order valence-corrected chi connectivity index (χ4v) is 3.69. The average molecular weight is 399 g/mol. The molecule has 2 aromatic rings. The molecule has 0 saturated carbocycles. The quantitative estimate of drug-likeness (QED) is 0.747. The molecule has 0 radical (unpaired) electrons. The van der Waals surface area contributed by atoms with Gasteiger partial charge < -0.3 is 9.84 Å². The second-order valence-electron chi connectivity index (χ2n) is 6.66. The number of rotatable bonds is 6. The lowest BCUT2D eigenvalue weighted by molar-refractivity contribution is -0.122. The molecule has 0 spiro atoms. The summed E-state index contributed by atoms with van der Waals surface area (Å²) >= 11 is 0.903. The Kier molecular flexibility index (Phi) is 5.99. The van der Waals surface area contributed by atoms with Gasteiger partial charge in [0.05, 0.1) is 10.6 Å². The van der Waals surface area contributed by atoms with E-state index in [9.17, 15) is 14.4 Å². The minimum absolute atomic E-state index is 0.0192. The van der Waals surface area contributed by atoms with Crippen molar-refractivity contribution >= 4 is 34.9 Å². The fraction of sp³-hybridized carbons (Fsp3) is 0.300. The van der Waals surface area contributed by atoms with E-state index in [1.807, 2.05) is 44.2 Å². The molecule has 3 amide bonds. The smallest absolute Gasteiger partial charge is 0.293 e. The van der Waals surface area contributed by atoms with Gasteiger partial charge >= 0.3 is 0 Å². The molecule has 3 rings (SSSR count). The maximum Gasteiger partial charge on any atom is 0.293 e. The minimum atomic E-state index is -0.350. The first-order valence-corrected chi connectivity index (χ1v) is 9.75. The predicted molar refractivity (Wildman–Crippen MR) is 107 cm³/mol. The summed E-state index contributed by atoms with van der Waals surface area (Å²) in [6.45, 7) is 5.78. The number of thioether (sulfide) groups is 1. The highest BCUT2D eigenvalue weighted by molar-refractivity contribution is 8.18. The van der Waals surface area contributed by atoms with E-state index in [1.54, 1.807) is 13.0 Å². The maximum absolute atomic E-state index is 12.5. The van der Waals surface area contributed by atoms with E-state index in [0.29, 0.717) is 21.9 Å². The lowest BCUT2D eigenvalue weighted by Crippen LogP contribution is -2.37. The second kappa shape index (κ2) is 8.43. The van der Waals surface area contributed by atoms with Gasteiger partial charge in [0.2, 0.25) is 0 Å². The van der Waals surface area contributed by atoms with E-state index in [2.05, 4.69) is 10.5 Å². The largest absolute Gasteiger partial charge is 0.360 e. The lowest BCUT2D eigenvalue weighted by Gasteiger charge is -2.13. The maximum atomic E-state index is 12.5. The van der Waals surface area contributed by atoms with Crippen molar-refractivity contribution in [2.45, 2.75) is 26.7 Å². The van der Waals surface area contributed by atoms with Gasteiger partial charge in [-0.2, -0.15) is 0 Å². The number of hydrogen-bond donors (Lipinski definition) is 1. The van der Waals surface area contributed by atoms with Crippen LogP contribution >= 0.6 is 11.8 Å². The number of aromatic nitrogens is 1. The Labute approximate surface area is 167 Å². The summed E-state index contributed by atoms with van der Waals surface area (Å²) in [5.41, 5.74) is 1.77. The lowest BCUT2D eigenvalue weighted by atomic mass is 10.0. The van der Waals surface area contributed by atoms with E-state index < -0.39 is 0 Å². The van der Waals surface area contributed by atoms with Crippen molar-refractivity contribution < 1.29 is 18.9 Å². The summed E-state index contributed by atoms with van der Waals surface area (Å²) in [4.78, 5) is 38.7. The molecule has 1 aliphatic rings. The Morgan fingerprint density at radius 3 is 2.68 bits per heavy atom. The van der Waals surface area contributed by atoms with E-state index in [1.165, 1.54) is 0 Å². The van der Waals surface area contributed by atoms with Crippen LogP contribution in [0.2, 0.25) is 0 Å². The first-order chi connectivity index (χ1) is 13.4. The number of nitrogens with zero attached hydrogens (tertiary/aromatic N) is 2. The van der Waals surface area contributed by atoms with E-state index in [0.717, 1.165) is 22.2 Å². The summed E-state index contributed by atoms with van der Waals surface area (Å²) < 4.78 is 5.22. The summed E-state index contributed by atoms with van der Waals surface area (Å²) in [7, 11) is 0. The number of imide groups is 1. The molecular weight excluding hydrogens is 378 g/mol. The fourth-order valence-electron chi connectivity index (χ4n) is 2.82. The molecule has 7 nitrogen and oxygen atoms in total. The van der Waals surface area contributed by atoms with Gasteiger partial charge in [-0.05, 0) is 30.3 Å². The molecule has 0 atom stereocenters. The number of aryl methyl sites for hydroxylation is 1. The van der Waals surface area contributed by atoms with Crippen LogP contribution in [-0.2, 0) is 4.79 Å². The SMILES string of the molecule is Cc1noc(C(C)C)c1C(=O)NCCN1C(=O)S/C(=C/c2ccccc2)C1=O. The third kappa shape index (κ3) is 4.17. The minimum Gasteiger partial charge on any atom is -0.360 e. The monoisotopic (exact) mass is 399 g/mol. The zero-order valence-corrected chi connectivity index (χ0v) is 16.7. The number of nitrogens with one attached hydrogen (secondary N) is 1. The molecular formula is C20H21N3O4S. The van der Waals surface area contributed by atoms with Crippen molar-refractivity contribution in [3.8, 4) is 0 Å². The van der Waals surface area contributed by atoms with Crippen LogP contribution in [0.25, 0.3) is 6.08 Å². The topological polar surface area (TPSA) is 92.5 Å². The standard InChI is InChI=1S/C20H21N3O4S/c1-12(2)17-16(13(3)22-27-17)18(24)21-9-10-23-19(25)15(28-20(23)26)11-14-7-5-4-6-8-14/h4-8,11-12H,9-10H2,1-3H3,(H,21,24)/b15-11+. The Hall–Kier alpha value is -2.87. The Bertz CT molecular complexity index is 934. The van der Waals surface area contributed by atoms with Crippen molar-refractivity contribution in [3.05, 3.63) is 57.8 Å². The van der Waals surface area contributed by atoms with Crippen LogP contribution < -0.4 is 5.32 Å².